The summed E-state index contributed by atoms with van der Waals surface area (Å²) >= 11 is 0. The highest BCUT2D eigenvalue weighted by Crippen LogP contribution is 2.15. The lowest BCUT2D eigenvalue weighted by Gasteiger charge is -2.14. The van der Waals surface area contributed by atoms with Crippen molar-refractivity contribution in [3.8, 4) is 0 Å². The molecule has 2 rings (SSSR count). The van der Waals surface area contributed by atoms with Crippen molar-refractivity contribution in [1.82, 2.24) is 4.90 Å². The summed E-state index contributed by atoms with van der Waals surface area (Å²) < 4.78 is 0. The van der Waals surface area contributed by atoms with Crippen LogP contribution in [0.3, 0.4) is 0 Å². The van der Waals surface area contributed by atoms with E-state index in [0.29, 0.717) is 13.1 Å². The number of carbonyl (C=O) groups excluding carboxylic acids is 1. The Morgan fingerprint density at radius 3 is 2.47 bits per heavy atom. The van der Waals surface area contributed by atoms with Crippen molar-refractivity contribution in [2.75, 3.05) is 25.0 Å². The monoisotopic (exact) mass is 264 g/mol. The van der Waals surface area contributed by atoms with Gasteiger partial charge in [-0.3, -0.25) is 9.69 Å². The van der Waals surface area contributed by atoms with E-state index in [1.54, 1.807) is 4.90 Å². The summed E-state index contributed by atoms with van der Waals surface area (Å²) in [5.41, 5.74) is 3.09. The number of aliphatic hydroxyl groups excluding tert-OH is 2. The van der Waals surface area contributed by atoms with Crippen LogP contribution in [0.4, 0.5) is 5.69 Å². The van der Waals surface area contributed by atoms with Gasteiger partial charge in [0.1, 0.15) is 0 Å². The molecule has 0 bridgehead atoms. The van der Waals surface area contributed by atoms with Gasteiger partial charge in [-0.25, -0.2) is 0 Å². The summed E-state index contributed by atoms with van der Waals surface area (Å²) in [4.78, 5) is 13.6. The van der Waals surface area contributed by atoms with Crippen LogP contribution in [0.25, 0.3) is 0 Å². The minimum atomic E-state index is -0.755. The van der Waals surface area contributed by atoms with E-state index < -0.39 is 12.2 Å². The number of amides is 1. The summed E-state index contributed by atoms with van der Waals surface area (Å²) in [6.45, 7) is 4.87. The molecule has 19 heavy (non-hydrogen) atoms. The van der Waals surface area contributed by atoms with Gasteiger partial charge in [0, 0.05) is 18.8 Å². The van der Waals surface area contributed by atoms with Gasteiger partial charge < -0.3 is 15.5 Å². The third-order valence-electron chi connectivity index (χ3n) is 3.49. The molecule has 1 amide bonds. The maximum Gasteiger partial charge on any atom is 0.238 e. The number of anilines is 1. The molecule has 0 aliphatic carbocycles. The topological polar surface area (TPSA) is 72.8 Å². The first-order valence-corrected chi connectivity index (χ1v) is 6.41. The summed E-state index contributed by atoms with van der Waals surface area (Å²) in [5, 5.41) is 21.7. The molecule has 2 atom stereocenters. The molecule has 0 spiro atoms. The second-order valence-corrected chi connectivity index (χ2v) is 5.18. The van der Waals surface area contributed by atoms with Gasteiger partial charge in [-0.2, -0.15) is 0 Å². The highest BCUT2D eigenvalue weighted by molar-refractivity contribution is 5.92. The molecule has 3 N–H and O–H groups in total. The molecule has 1 saturated heterocycles. The Bertz CT molecular complexity index is 466. The molecule has 0 unspecified atom stereocenters. The van der Waals surface area contributed by atoms with E-state index in [4.69, 9.17) is 0 Å². The van der Waals surface area contributed by atoms with Gasteiger partial charge >= 0.3 is 0 Å². The molecule has 1 aromatic rings. The Morgan fingerprint density at radius 1 is 1.26 bits per heavy atom. The first-order valence-electron chi connectivity index (χ1n) is 6.41. The first-order chi connectivity index (χ1) is 8.95. The Kier molecular flexibility index (Phi) is 4.19. The van der Waals surface area contributed by atoms with Crippen molar-refractivity contribution in [3.63, 3.8) is 0 Å². The highest BCUT2D eigenvalue weighted by Gasteiger charge is 2.30. The Hall–Kier alpha value is -1.43. The number of benzene rings is 1. The van der Waals surface area contributed by atoms with Crippen LogP contribution in [0.15, 0.2) is 18.2 Å². The highest BCUT2D eigenvalue weighted by atomic mass is 16.3. The van der Waals surface area contributed by atoms with Crippen molar-refractivity contribution < 1.29 is 15.0 Å². The SMILES string of the molecule is Cc1ccc(NC(=O)CN2C[C@@H](O)[C@@H](O)C2)cc1C. The number of hydrogen-bond donors (Lipinski definition) is 3. The molecule has 1 aromatic carbocycles. The van der Waals surface area contributed by atoms with Crippen LogP contribution in [-0.4, -0.2) is 52.9 Å². The standard InChI is InChI=1S/C14H20N2O3/c1-9-3-4-11(5-10(9)2)15-14(19)8-16-6-12(17)13(18)7-16/h3-5,12-13,17-18H,6-8H2,1-2H3,(H,15,19)/t12-,13+. The van der Waals surface area contributed by atoms with Gasteiger partial charge in [-0.05, 0) is 37.1 Å². The fourth-order valence-corrected chi connectivity index (χ4v) is 2.20. The van der Waals surface area contributed by atoms with Crippen molar-refractivity contribution in [2.24, 2.45) is 0 Å². The molecule has 0 radical (unpaired) electrons. The molecule has 1 fully saturated rings. The van der Waals surface area contributed by atoms with E-state index in [0.717, 1.165) is 11.3 Å². The molecule has 1 heterocycles. The number of carbonyl (C=O) groups is 1. The summed E-state index contributed by atoms with van der Waals surface area (Å²) in [6, 6.07) is 5.77. The third kappa shape index (κ3) is 3.53. The van der Waals surface area contributed by atoms with Crippen LogP contribution in [0, 0.1) is 13.8 Å². The number of likely N-dealkylation sites (tertiary alicyclic amines) is 1. The number of nitrogens with zero attached hydrogens (tertiary/aromatic N) is 1. The summed E-state index contributed by atoms with van der Waals surface area (Å²) in [6.07, 6.45) is -1.51. The second-order valence-electron chi connectivity index (χ2n) is 5.18. The van der Waals surface area contributed by atoms with Crippen LogP contribution < -0.4 is 5.32 Å². The molecular weight excluding hydrogens is 244 g/mol. The van der Waals surface area contributed by atoms with Crippen molar-refractivity contribution in [1.29, 1.82) is 0 Å². The van der Waals surface area contributed by atoms with Gasteiger partial charge in [0.25, 0.3) is 0 Å². The van der Waals surface area contributed by atoms with E-state index in [-0.39, 0.29) is 12.5 Å². The number of hydrogen-bond acceptors (Lipinski definition) is 4. The molecule has 0 saturated carbocycles. The maximum atomic E-state index is 11.9. The van der Waals surface area contributed by atoms with Crippen LogP contribution in [0.5, 0.6) is 0 Å². The molecule has 104 valence electrons. The van der Waals surface area contributed by atoms with Crippen molar-refractivity contribution in [2.45, 2.75) is 26.1 Å². The van der Waals surface area contributed by atoms with E-state index in [1.165, 1.54) is 5.56 Å². The van der Waals surface area contributed by atoms with Crippen molar-refractivity contribution >= 4 is 11.6 Å². The predicted octanol–water partition coefficient (Wildman–Crippen LogP) is 0.279. The molecule has 1 aliphatic heterocycles. The summed E-state index contributed by atoms with van der Waals surface area (Å²) in [5.74, 6) is -0.135. The van der Waals surface area contributed by atoms with Crippen LogP contribution in [0.2, 0.25) is 0 Å². The summed E-state index contributed by atoms with van der Waals surface area (Å²) in [7, 11) is 0. The fraction of sp³-hybridized carbons (Fsp3) is 0.500. The van der Waals surface area contributed by atoms with Gasteiger partial charge in [0.2, 0.25) is 5.91 Å². The van der Waals surface area contributed by atoms with Gasteiger partial charge in [-0.15, -0.1) is 0 Å². The van der Waals surface area contributed by atoms with Crippen LogP contribution in [0.1, 0.15) is 11.1 Å². The van der Waals surface area contributed by atoms with Gasteiger partial charge in [0.05, 0.1) is 18.8 Å². The molecule has 5 heteroatoms. The Balaban J connectivity index is 1.89. The number of rotatable bonds is 3. The van der Waals surface area contributed by atoms with Crippen LogP contribution in [-0.2, 0) is 4.79 Å². The van der Waals surface area contributed by atoms with Gasteiger partial charge in [-0.1, -0.05) is 6.07 Å². The molecule has 0 aromatic heterocycles. The third-order valence-corrected chi connectivity index (χ3v) is 3.49. The number of nitrogens with one attached hydrogen (secondary N) is 1. The smallest absolute Gasteiger partial charge is 0.238 e. The normalized spacial score (nSPS) is 23.6. The second kappa shape index (κ2) is 5.69. The predicted molar refractivity (Wildman–Crippen MR) is 73.0 cm³/mol. The van der Waals surface area contributed by atoms with E-state index in [9.17, 15) is 15.0 Å². The fourth-order valence-electron chi connectivity index (χ4n) is 2.20. The van der Waals surface area contributed by atoms with E-state index >= 15 is 0 Å². The van der Waals surface area contributed by atoms with Gasteiger partial charge in [0.15, 0.2) is 0 Å². The Labute approximate surface area is 112 Å². The lowest BCUT2D eigenvalue weighted by atomic mass is 10.1. The maximum absolute atomic E-state index is 11.9. The quantitative estimate of drug-likeness (QED) is 0.733. The lowest BCUT2D eigenvalue weighted by molar-refractivity contribution is -0.117. The molecule has 5 nitrogen and oxygen atoms in total. The molecule has 1 aliphatic rings. The first kappa shape index (κ1) is 14.0. The molecular formula is C14H20N2O3. The lowest BCUT2D eigenvalue weighted by Crippen LogP contribution is -2.32. The zero-order chi connectivity index (χ0) is 14.0. The average Bonchev–Trinajstić information content (AvgIpc) is 2.63. The largest absolute Gasteiger partial charge is 0.389 e. The Morgan fingerprint density at radius 2 is 1.89 bits per heavy atom. The minimum Gasteiger partial charge on any atom is -0.389 e. The average molecular weight is 264 g/mol. The number of aliphatic hydroxyl groups is 2. The van der Waals surface area contributed by atoms with Crippen molar-refractivity contribution in [3.05, 3.63) is 29.3 Å². The number of β-amino-alcohol motifs (C(OH)–C–C–N with tert-alkyl or cyclic N) is 2. The zero-order valence-corrected chi connectivity index (χ0v) is 11.3. The minimum absolute atomic E-state index is 0.135. The number of aryl methyl sites for hydroxylation is 2. The van der Waals surface area contributed by atoms with E-state index in [2.05, 4.69) is 5.32 Å². The van der Waals surface area contributed by atoms with E-state index in [1.807, 2.05) is 32.0 Å². The zero-order valence-electron chi connectivity index (χ0n) is 11.3. The van der Waals surface area contributed by atoms with Crippen LogP contribution >= 0.6 is 0 Å².